The molecule has 0 saturated heterocycles. The van der Waals surface area contributed by atoms with E-state index in [4.69, 9.17) is 11.5 Å². The Bertz CT molecular complexity index is 737. The predicted molar refractivity (Wildman–Crippen MR) is 89.6 cm³/mol. The number of rotatable bonds is 7. The van der Waals surface area contributed by atoms with E-state index in [1.807, 2.05) is 0 Å². The molecule has 2 aromatic rings. The lowest BCUT2D eigenvalue weighted by molar-refractivity contribution is -0.125. The Hall–Kier alpha value is -2.58. The maximum atomic E-state index is 13.2. The van der Waals surface area contributed by atoms with E-state index >= 15 is 0 Å². The van der Waals surface area contributed by atoms with Gasteiger partial charge in [-0.1, -0.05) is 0 Å². The number of benzene rings is 1. The molecule has 0 aliphatic carbocycles. The lowest BCUT2D eigenvalue weighted by atomic mass is 10.1. The first-order valence-electron chi connectivity index (χ1n) is 7.58. The number of fused-ring (bicyclic) bond motifs is 1. The van der Waals surface area contributed by atoms with E-state index in [2.05, 4.69) is 15.6 Å². The van der Waals surface area contributed by atoms with Crippen LogP contribution in [0.5, 0.6) is 0 Å². The first-order valence-corrected chi connectivity index (χ1v) is 7.58. The minimum absolute atomic E-state index is 0.212. The Labute approximate surface area is 138 Å². The van der Waals surface area contributed by atoms with Gasteiger partial charge in [0.15, 0.2) is 0 Å². The second-order valence-corrected chi connectivity index (χ2v) is 5.36. The molecule has 1 aromatic carbocycles. The number of hydrogen-bond donors (Lipinski definition) is 4. The van der Waals surface area contributed by atoms with E-state index in [9.17, 15) is 14.0 Å². The minimum atomic E-state index is -0.688. The number of anilines is 1. The molecule has 0 spiro atoms. The number of carbonyl (C=O) groups is 2. The first-order chi connectivity index (χ1) is 11.5. The van der Waals surface area contributed by atoms with Crippen molar-refractivity contribution in [3.8, 4) is 0 Å². The second kappa shape index (κ2) is 8.32. The van der Waals surface area contributed by atoms with Crippen molar-refractivity contribution in [2.24, 2.45) is 11.5 Å². The SMILES string of the molecule is NCCC[C@H](N)C(=O)NCC(=O)Nc1cnc2ccc(F)cc2c1. The molecule has 128 valence electrons. The van der Waals surface area contributed by atoms with Crippen molar-refractivity contribution in [3.05, 3.63) is 36.3 Å². The van der Waals surface area contributed by atoms with Crippen molar-refractivity contribution in [1.29, 1.82) is 0 Å². The summed E-state index contributed by atoms with van der Waals surface area (Å²) >= 11 is 0. The van der Waals surface area contributed by atoms with E-state index in [1.165, 1.54) is 18.3 Å². The van der Waals surface area contributed by atoms with Crippen LogP contribution < -0.4 is 22.1 Å². The van der Waals surface area contributed by atoms with Crippen molar-refractivity contribution in [2.45, 2.75) is 18.9 Å². The summed E-state index contributed by atoms with van der Waals surface area (Å²) in [5.41, 5.74) is 12.1. The van der Waals surface area contributed by atoms with Gasteiger partial charge in [0.05, 0.1) is 30.0 Å². The molecule has 6 N–H and O–H groups in total. The van der Waals surface area contributed by atoms with Gasteiger partial charge in [-0.15, -0.1) is 0 Å². The summed E-state index contributed by atoms with van der Waals surface area (Å²) in [6.45, 7) is 0.243. The van der Waals surface area contributed by atoms with Gasteiger partial charge in [0.1, 0.15) is 5.82 Å². The van der Waals surface area contributed by atoms with Gasteiger partial charge in [0.2, 0.25) is 11.8 Å². The van der Waals surface area contributed by atoms with Crippen LogP contribution in [-0.4, -0.2) is 35.9 Å². The minimum Gasteiger partial charge on any atom is -0.346 e. The lowest BCUT2D eigenvalue weighted by Gasteiger charge is -2.12. The Morgan fingerprint density at radius 1 is 1.29 bits per heavy atom. The molecule has 1 atom stereocenters. The fraction of sp³-hybridized carbons (Fsp3) is 0.312. The van der Waals surface area contributed by atoms with Gasteiger partial charge in [-0.25, -0.2) is 4.39 Å². The van der Waals surface area contributed by atoms with E-state index in [0.717, 1.165) is 0 Å². The number of nitrogens with two attached hydrogens (primary N) is 2. The molecule has 0 saturated carbocycles. The highest BCUT2D eigenvalue weighted by Crippen LogP contribution is 2.17. The van der Waals surface area contributed by atoms with Crippen LogP contribution in [0.25, 0.3) is 10.9 Å². The Morgan fingerprint density at radius 2 is 2.08 bits per heavy atom. The molecule has 0 radical (unpaired) electrons. The standard InChI is InChI=1S/C16H20FN5O2/c17-11-3-4-14-10(6-11)7-12(8-20-14)22-15(23)9-21-16(24)13(19)2-1-5-18/h3-4,6-8,13H,1-2,5,9,18-19H2,(H,21,24)(H,22,23)/t13-/m0/s1. The first kappa shape index (κ1) is 17.8. The number of carbonyl (C=O) groups excluding carboxylic acids is 2. The van der Waals surface area contributed by atoms with Crippen LogP contribution in [0.4, 0.5) is 10.1 Å². The van der Waals surface area contributed by atoms with Crippen molar-refractivity contribution < 1.29 is 14.0 Å². The van der Waals surface area contributed by atoms with Crippen molar-refractivity contribution in [3.63, 3.8) is 0 Å². The molecular formula is C16H20FN5O2. The largest absolute Gasteiger partial charge is 0.346 e. The van der Waals surface area contributed by atoms with Gasteiger partial charge < -0.3 is 22.1 Å². The van der Waals surface area contributed by atoms with Crippen LogP contribution in [0.3, 0.4) is 0 Å². The molecule has 7 nitrogen and oxygen atoms in total. The summed E-state index contributed by atoms with van der Waals surface area (Å²) < 4.78 is 13.2. The molecule has 0 bridgehead atoms. The zero-order valence-electron chi connectivity index (χ0n) is 13.1. The number of pyridine rings is 1. The fourth-order valence-corrected chi connectivity index (χ4v) is 2.14. The molecule has 0 aliphatic heterocycles. The average Bonchev–Trinajstić information content (AvgIpc) is 2.57. The van der Waals surface area contributed by atoms with Crippen LogP contribution >= 0.6 is 0 Å². The van der Waals surface area contributed by atoms with Crippen molar-refractivity contribution >= 4 is 28.4 Å². The Balaban J connectivity index is 1.89. The van der Waals surface area contributed by atoms with Crippen LogP contribution in [0, 0.1) is 5.82 Å². The number of amides is 2. The maximum Gasteiger partial charge on any atom is 0.243 e. The normalized spacial score (nSPS) is 12.0. The maximum absolute atomic E-state index is 13.2. The molecular weight excluding hydrogens is 313 g/mol. The summed E-state index contributed by atoms with van der Waals surface area (Å²) in [6, 6.07) is 5.12. The molecule has 8 heteroatoms. The van der Waals surface area contributed by atoms with Crippen LogP contribution in [0.2, 0.25) is 0 Å². The van der Waals surface area contributed by atoms with Gasteiger partial charge in [-0.3, -0.25) is 14.6 Å². The van der Waals surface area contributed by atoms with Crippen molar-refractivity contribution in [2.75, 3.05) is 18.4 Å². The molecule has 0 fully saturated rings. The van der Waals surface area contributed by atoms with Crippen LogP contribution in [0.15, 0.2) is 30.5 Å². The molecule has 1 aromatic heterocycles. The highest BCUT2D eigenvalue weighted by Gasteiger charge is 2.13. The zero-order chi connectivity index (χ0) is 17.5. The predicted octanol–water partition coefficient (Wildman–Crippen LogP) is 0.495. The third kappa shape index (κ3) is 4.97. The van der Waals surface area contributed by atoms with E-state index in [0.29, 0.717) is 36.0 Å². The number of hydrogen-bond acceptors (Lipinski definition) is 5. The molecule has 1 heterocycles. The second-order valence-electron chi connectivity index (χ2n) is 5.36. The van der Waals surface area contributed by atoms with Gasteiger partial charge in [0, 0.05) is 5.39 Å². The topological polar surface area (TPSA) is 123 Å². The Morgan fingerprint density at radius 3 is 2.83 bits per heavy atom. The summed E-state index contributed by atoms with van der Waals surface area (Å²) in [5, 5.41) is 5.62. The van der Waals surface area contributed by atoms with E-state index in [-0.39, 0.29) is 12.4 Å². The number of nitrogens with one attached hydrogen (secondary N) is 2. The smallest absolute Gasteiger partial charge is 0.243 e. The average molecular weight is 333 g/mol. The third-order valence-electron chi connectivity index (χ3n) is 3.41. The lowest BCUT2D eigenvalue weighted by Crippen LogP contribution is -2.43. The monoisotopic (exact) mass is 333 g/mol. The molecule has 0 aliphatic rings. The van der Waals surface area contributed by atoms with E-state index in [1.54, 1.807) is 12.1 Å². The molecule has 2 rings (SSSR count). The van der Waals surface area contributed by atoms with Gasteiger partial charge >= 0.3 is 0 Å². The van der Waals surface area contributed by atoms with Gasteiger partial charge in [-0.2, -0.15) is 0 Å². The van der Waals surface area contributed by atoms with Crippen LogP contribution in [0.1, 0.15) is 12.8 Å². The zero-order valence-corrected chi connectivity index (χ0v) is 13.1. The number of aromatic nitrogens is 1. The third-order valence-corrected chi connectivity index (χ3v) is 3.41. The Kier molecular flexibility index (Phi) is 6.16. The summed E-state index contributed by atoms with van der Waals surface area (Å²) in [6.07, 6.45) is 2.57. The van der Waals surface area contributed by atoms with E-state index < -0.39 is 17.9 Å². The number of halogens is 1. The van der Waals surface area contributed by atoms with Gasteiger partial charge in [-0.05, 0) is 43.7 Å². The van der Waals surface area contributed by atoms with Crippen molar-refractivity contribution in [1.82, 2.24) is 10.3 Å². The highest BCUT2D eigenvalue weighted by molar-refractivity contribution is 5.96. The molecule has 24 heavy (non-hydrogen) atoms. The fourth-order valence-electron chi connectivity index (χ4n) is 2.14. The van der Waals surface area contributed by atoms with Crippen LogP contribution in [-0.2, 0) is 9.59 Å². The quantitative estimate of drug-likeness (QED) is 0.587. The summed E-state index contributed by atoms with van der Waals surface area (Å²) in [4.78, 5) is 27.7. The van der Waals surface area contributed by atoms with Gasteiger partial charge in [0.25, 0.3) is 0 Å². The number of nitrogens with zero attached hydrogens (tertiary/aromatic N) is 1. The highest BCUT2D eigenvalue weighted by atomic mass is 19.1. The summed E-state index contributed by atoms with van der Waals surface area (Å²) in [5.74, 6) is -1.21. The summed E-state index contributed by atoms with van der Waals surface area (Å²) in [7, 11) is 0. The molecule has 0 unspecified atom stereocenters. The molecule has 2 amide bonds.